The number of benzene rings is 1. The molecule has 3 aliphatic rings. The SMILES string of the molecule is O=C(O)C1CN(Cc2ccccc2)CC12CCN(CC1CCCCC1)CC2. The maximum Gasteiger partial charge on any atom is 0.308 e. The highest BCUT2D eigenvalue weighted by molar-refractivity contribution is 5.72. The maximum atomic E-state index is 12.0. The van der Waals surface area contributed by atoms with Crippen molar-refractivity contribution in [3.63, 3.8) is 0 Å². The molecule has 1 spiro atoms. The number of piperidine rings is 1. The normalized spacial score (nSPS) is 27.2. The van der Waals surface area contributed by atoms with Crippen molar-refractivity contribution in [2.75, 3.05) is 32.7 Å². The summed E-state index contributed by atoms with van der Waals surface area (Å²) in [5.41, 5.74) is 1.26. The Kier molecular flexibility index (Phi) is 5.84. The quantitative estimate of drug-likeness (QED) is 0.855. The molecular formula is C23H34N2O2. The Morgan fingerprint density at radius 2 is 1.74 bits per heavy atom. The molecule has 2 aliphatic heterocycles. The first-order valence-corrected chi connectivity index (χ1v) is 10.9. The first-order valence-electron chi connectivity index (χ1n) is 10.9. The summed E-state index contributed by atoms with van der Waals surface area (Å²) in [5.74, 6) is 0.0746. The molecule has 4 nitrogen and oxygen atoms in total. The predicted molar refractivity (Wildman–Crippen MR) is 108 cm³/mol. The van der Waals surface area contributed by atoms with E-state index in [0.717, 1.165) is 44.9 Å². The molecule has 2 saturated heterocycles. The number of carboxylic acids is 1. The zero-order valence-electron chi connectivity index (χ0n) is 16.5. The van der Waals surface area contributed by atoms with Crippen LogP contribution in [0, 0.1) is 17.3 Å². The average molecular weight is 371 g/mol. The molecule has 2 heterocycles. The van der Waals surface area contributed by atoms with Crippen LogP contribution in [-0.4, -0.2) is 53.6 Å². The van der Waals surface area contributed by atoms with Crippen LogP contribution in [0.1, 0.15) is 50.5 Å². The molecule has 0 amide bonds. The minimum atomic E-state index is -0.591. The lowest BCUT2D eigenvalue weighted by Gasteiger charge is -2.42. The van der Waals surface area contributed by atoms with Gasteiger partial charge in [0, 0.05) is 31.6 Å². The fraction of sp³-hybridized carbons (Fsp3) is 0.696. The van der Waals surface area contributed by atoms with Gasteiger partial charge < -0.3 is 10.0 Å². The molecule has 4 heteroatoms. The number of nitrogens with zero attached hydrogens (tertiary/aromatic N) is 2. The minimum absolute atomic E-state index is 0.0241. The Morgan fingerprint density at radius 3 is 2.41 bits per heavy atom. The van der Waals surface area contributed by atoms with E-state index in [1.807, 2.05) is 6.07 Å². The lowest BCUT2D eigenvalue weighted by atomic mass is 9.70. The molecule has 1 unspecified atom stereocenters. The van der Waals surface area contributed by atoms with Crippen LogP contribution in [-0.2, 0) is 11.3 Å². The van der Waals surface area contributed by atoms with Crippen LogP contribution < -0.4 is 0 Å². The number of carboxylic acid groups (broad SMARTS) is 1. The van der Waals surface area contributed by atoms with Gasteiger partial charge in [-0.1, -0.05) is 49.6 Å². The van der Waals surface area contributed by atoms with Crippen molar-refractivity contribution in [1.82, 2.24) is 9.80 Å². The van der Waals surface area contributed by atoms with Gasteiger partial charge in [-0.05, 0) is 50.3 Å². The van der Waals surface area contributed by atoms with Gasteiger partial charge in [0.15, 0.2) is 0 Å². The lowest BCUT2D eigenvalue weighted by Crippen LogP contribution is -2.47. The van der Waals surface area contributed by atoms with Gasteiger partial charge in [-0.15, -0.1) is 0 Å². The molecule has 4 rings (SSSR count). The molecule has 0 radical (unpaired) electrons. The maximum absolute atomic E-state index is 12.0. The molecule has 1 aromatic carbocycles. The van der Waals surface area contributed by atoms with Crippen molar-refractivity contribution in [3.05, 3.63) is 35.9 Å². The van der Waals surface area contributed by atoms with Crippen molar-refractivity contribution in [2.45, 2.75) is 51.5 Å². The van der Waals surface area contributed by atoms with E-state index in [1.165, 1.54) is 44.2 Å². The Bertz CT molecular complexity index is 619. The van der Waals surface area contributed by atoms with Gasteiger partial charge >= 0.3 is 5.97 Å². The van der Waals surface area contributed by atoms with E-state index in [1.54, 1.807) is 0 Å². The first-order chi connectivity index (χ1) is 13.1. The fourth-order valence-corrected chi connectivity index (χ4v) is 5.80. The molecular weight excluding hydrogens is 336 g/mol. The van der Waals surface area contributed by atoms with E-state index < -0.39 is 5.97 Å². The second-order valence-corrected chi connectivity index (χ2v) is 9.21. The van der Waals surface area contributed by atoms with Crippen LogP contribution in [0.3, 0.4) is 0 Å². The van der Waals surface area contributed by atoms with Crippen molar-refractivity contribution in [1.29, 1.82) is 0 Å². The molecule has 0 bridgehead atoms. The largest absolute Gasteiger partial charge is 0.481 e. The third-order valence-electron chi connectivity index (χ3n) is 7.36. The Labute approximate surface area is 163 Å². The van der Waals surface area contributed by atoms with Crippen LogP contribution in [0.4, 0.5) is 0 Å². The van der Waals surface area contributed by atoms with E-state index in [4.69, 9.17) is 0 Å². The van der Waals surface area contributed by atoms with Crippen LogP contribution in [0.5, 0.6) is 0 Å². The van der Waals surface area contributed by atoms with E-state index >= 15 is 0 Å². The Hall–Kier alpha value is -1.39. The Morgan fingerprint density at radius 1 is 1.04 bits per heavy atom. The summed E-state index contributed by atoms with van der Waals surface area (Å²) in [6.45, 7) is 5.92. The summed E-state index contributed by atoms with van der Waals surface area (Å²) >= 11 is 0. The van der Waals surface area contributed by atoms with Gasteiger partial charge in [0.25, 0.3) is 0 Å². The highest BCUT2D eigenvalue weighted by Gasteiger charge is 2.51. The van der Waals surface area contributed by atoms with Gasteiger partial charge in [-0.25, -0.2) is 0 Å². The molecule has 27 heavy (non-hydrogen) atoms. The predicted octanol–water partition coefficient (Wildman–Crippen LogP) is 3.87. The van der Waals surface area contributed by atoms with Gasteiger partial charge in [-0.2, -0.15) is 0 Å². The third-order valence-corrected chi connectivity index (χ3v) is 7.36. The van der Waals surface area contributed by atoms with E-state index in [9.17, 15) is 9.90 Å². The number of aliphatic carboxylic acids is 1. The fourth-order valence-electron chi connectivity index (χ4n) is 5.80. The molecule has 0 aromatic heterocycles. The highest BCUT2D eigenvalue weighted by Crippen LogP contribution is 2.45. The van der Waals surface area contributed by atoms with Crippen LogP contribution in [0.2, 0.25) is 0 Å². The van der Waals surface area contributed by atoms with E-state index in [2.05, 4.69) is 34.1 Å². The van der Waals surface area contributed by atoms with Crippen LogP contribution in [0.15, 0.2) is 30.3 Å². The summed E-state index contributed by atoms with van der Waals surface area (Å²) in [7, 11) is 0. The molecule has 1 aliphatic carbocycles. The Balaban J connectivity index is 1.36. The molecule has 1 atom stereocenters. The topological polar surface area (TPSA) is 43.8 Å². The van der Waals surface area contributed by atoms with E-state index in [-0.39, 0.29) is 11.3 Å². The number of rotatable bonds is 5. The van der Waals surface area contributed by atoms with Gasteiger partial charge in [0.1, 0.15) is 0 Å². The lowest BCUT2D eigenvalue weighted by molar-refractivity contribution is -0.146. The molecule has 148 valence electrons. The number of hydrogen-bond donors (Lipinski definition) is 1. The highest BCUT2D eigenvalue weighted by atomic mass is 16.4. The second-order valence-electron chi connectivity index (χ2n) is 9.21. The van der Waals surface area contributed by atoms with Gasteiger partial charge in [0.2, 0.25) is 0 Å². The van der Waals surface area contributed by atoms with Crippen molar-refractivity contribution in [2.24, 2.45) is 17.3 Å². The van der Waals surface area contributed by atoms with E-state index in [0.29, 0.717) is 6.54 Å². The smallest absolute Gasteiger partial charge is 0.308 e. The molecule has 3 fully saturated rings. The molecule has 1 N–H and O–H groups in total. The van der Waals surface area contributed by atoms with Crippen molar-refractivity contribution >= 4 is 5.97 Å². The minimum Gasteiger partial charge on any atom is -0.481 e. The molecule has 1 saturated carbocycles. The standard InChI is InChI=1S/C23H34N2O2/c26-22(27)21-17-25(16-20-9-5-2-6-10-20)18-23(21)11-13-24(14-12-23)15-19-7-3-1-4-8-19/h2,5-6,9-10,19,21H,1,3-4,7-8,11-18H2,(H,26,27). The van der Waals surface area contributed by atoms with Crippen molar-refractivity contribution in [3.8, 4) is 0 Å². The molecule has 1 aromatic rings. The zero-order chi connectivity index (χ0) is 18.7. The summed E-state index contributed by atoms with van der Waals surface area (Å²) in [6, 6.07) is 10.5. The zero-order valence-corrected chi connectivity index (χ0v) is 16.5. The monoisotopic (exact) mass is 370 g/mol. The van der Waals surface area contributed by atoms with Crippen LogP contribution in [0.25, 0.3) is 0 Å². The van der Waals surface area contributed by atoms with Crippen molar-refractivity contribution < 1.29 is 9.90 Å². The average Bonchev–Trinajstić information content (AvgIpc) is 3.03. The summed E-state index contributed by atoms with van der Waals surface area (Å²) < 4.78 is 0. The summed E-state index contributed by atoms with van der Waals surface area (Å²) in [6.07, 6.45) is 9.09. The van der Waals surface area contributed by atoms with Crippen LogP contribution >= 0.6 is 0 Å². The summed E-state index contributed by atoms with van der Waals surface area (Å²) in [5, 5.41) is 9.90. The number of hydrogen-bond acceptors (Lipinski definition) is 3. The third kappa shape index (κ3) is 4.38. The number of carbonyl (C=O) groups is 1. The van der Waals surface area contributed by atoms with Gasteiger partial charge in [-0.3, -0.25) is 9.69 Å². The second kappa shape index (κ2) is 8.32. The number of likely N-dealkylation sites (tertiary alicyclic amines) is 2. The summed E-state index contributed by atoms with van der Waals surface area (Å²) in [4.78, 5) is 17.0. The first kappa shape index (κ1) is 18.9. The van der Waals surface area contributed by atoms with Gasteiger partial charge in [0.05, 0.1) is 5.92 Å².